The summed E-state index contributed by atoms with van der Waals surface area (Å²) in [6.45, 7) is 9.16. The Morgan fingerprint density at radius 2 is 1.57 bits per heavy atom. The zero-order valence-corrected chi connectivity index (χ0v) is 14.4. The minimum Gasteiger partial charge on any atom is -0.387 e. The first kappa shape index (κ1) is 17.5. The fraction of sp³-hybridized carbons (Fsp3) is 0.400. The van der Waals surface area contributed by atoms with E-state index in [0.717, 1.165) is 25.2 Å². The van der Waals surface area contributed by atoms with E-state index in [4.69, 9.17) is 0 Å². The molecule has 0 spiro atoms. The number of anilines is 1. The van der Waals surface area contributed by atoms with Crippen LogP contribution in [0.4, 0.5) is 5.69 Å². The van der Waals surface area contributed by atoms with Gasteiger partial charge in [0.1, 0.15) is 0 Å². The fourth-order valence-electron chi connectivity index (χ4n) is 2.74. The molecule has 2 atom stereocenters. The average Bonchev–Trinajstić information content (AvgIpc) is 2.62. The van der Waals surface area contributed by atoms with E-state index in [1.807, 2.05) is 37.3 Å². The van der Waals surface area contributed by atoms with Crippen molar-refractivity contribution in [3.05, 3.63) is 65.7 Å². The summed E-state index contributed by atoms with van der Waals surface area (Å²) >= 11 is 0. The van der Waals surface area contributed by atoms with E-state index in [0.29, 0.717) is 0 Å². The highest BCUT2D eigenvalue weighted by Gasteiger charge is 2.15. The van der Waals surface area contributed by atoms with Crippen molar-refractivity contribution < 1.29 is 5.11 Å². The second-order valence-corrected chi connectivity index (χ2v) is 5.86. The predicted octanol–water partition coefficient (Wildman–Crippen LogP) is 3.74. The Labute approximate surface area is 140 Å². The first-order valence-electron chi connectivity index (χ1n) is 8.46. The molecular formula is C20H28N2O. The van der Waals surface area contributed by atoms with Crippen molar-refractivity contribution in [3.63, 3.8) is 0 Å². The third kappa shape index (κ3) is 4.81. The first-order valence-corrected chi connectivity index (χ1v) is 8.46. The number of aliphatic hydroxyl groups is 1. The quantitative estimate of drug-likeness (QED) is 0.779. The molecule has 0 saturated carbocycles. The average molecular weight is 312 g/mol. The van der Waals surface area contributed by atoms with Gasteiger partial charge in [0.15, 0.2) is 0 Å². The summed E-state index contributed by atoms with van der Waals surface area (Å²) in [5.74, 6) is 0. The summed E-state index contributed by atoms with van der Waals surface area (Å²) < 4.78 is 0. The standard InChI is InChI=1S/C20H28N2O/c1-4-22(5-2)19-13-11-17(12-14-19)15-21-16(3)20(23)18-9-7-6-8-10-18/h6-14,16,20-21,23H,4-5,15H2,1-3H3/t16-,20-/m0/s1. The zero-order chi connectivity index (χ0) is 16.7. The van der Waals surface area contributed by atoms with Crippen LogP contribution in [-0.2, 0) is 6.54 Å². The van der Waals surface area contributed by atoms with Crippen LogP contribution < -0.4 is 10.2 Å². The molecule has 124 valence electrons. The minimum absolute atomic E-state index is 0.000131. The van der Waals surface area contributed by atoms with Gasteiger partial charge < -0.3 is 15.3 Å². The van der Waals surface area contributed by atoms with Crippen LogP contribution in [0.25, 0.3) is 0 Å². The molecule has 2 N–H and O–H groups in total. The maximum atomic E-state index is 10.4. The van der Waals surface area contributed by atoms with Crippen molar-refractivity contribution in [2.24, 2.45) is 0 Å². The summed E-state index contributed by atoms with van der Waals surface area (Å²) in [5, 5.41) is 13.8. The molecule has 0 saturated heterocycles. The molecule has 0 fully saturated rings. The van der Waals surface area contributed by atoms with Crippen LogP contribution in [0.15, 0.2) is 54.6 Å². The topological polar surface area (TPSA) is 35.5 Å². The lowest BCUT2D eigenvalue weighted by atomic mass is 10.0. The summed E-state index contributed by atoms with van der Waals surface area (Å²) in [5.41, 5.74) is 3.44. The maximum absolute atomic E-state index is 10.4. The van der Waals surface area contributed by atoms with E-state index in [1.54, 1.807) is 0 Å². The van der Waals surface area contributed by atoms with Crippen LogP contribution in [0.3, 0.4) is 0 Å². The molecule has 3 nitrogen and oxygen atoms in total. The minimum atomic E-state index is -0.494. The number of aliphatic hydroxyl groups excluding tert-OH is 1. The van der Waals surface area contributed by atoms with Gasteiger partial charge in [0.25, 0.3) is 0 Å². The Kier molecular flexibility index (Phi) is 6.63. The van der Waals surface area contributed by atoms with E-state index in [9.17, 15) is 5.11 Å². The lowest BCUT2D eigenvalue weighted by Crippen LogP contribution is -2.31. The number of hydrogen-bond acceptors (Lipinski definition) is 3. The van der Waals surface area contributed by atoms with E-state index in [2.05, 4.69) is 48.3 Å². The molecule has 0 aromatic heterocycles. The highest BCUT2D eigenvalue weighted by Crippen LogP contribution is 2.18. The largest absolute Gasteiger partial charge is 0.387 e. The van der Waals surface area contributed by atoms with Gasteiger partial charge in [-0.2, -0.15) is 0 Å². The van der Waals surface area contributed by atoms with Crippen LogP contribution in [0, 0.1) is 0 Å². The lowest BCUT2D eigenvalue weighted by molar-refractivity contribution is 0.135. The van der Waals surface area contributed by atoms with Crippen LogP contribution >= 0.6 is 0 Å². The van der Waals surface area contributed by atoms with Crippen molar-refractivity contribution in [1.82, 2.24) is 5.32 Å². The summed E-state index contributed by atoms with van der Waals surface area (Å²) in [7, 11) is 0. The van der Waals surface area contributed by atoms with Gasteiger partial charge in [-0.1, -0.05) is 42.5 Å². The summed E-state index contributed by atoms with van der Waals surface area (Å²) in [6.07, 6.45) is -0.494. The predicted molar refractivity (Wildman–Crippen MR) is 97.7 cm³/mol. The zero-order valence-electron chi connectivity index (χ0n) is 14.4. The van der Waals surface area contributed by atoms with Gasteiger partial charge in [0.2, 0.25) is 0 Å². The van der Waals surface area contributed by atoms with Crippen molar-refractivity contribution in [3.8, 4) is 0 Å². The molecule has 23 heavy (non-hydrogen) atoms. The first-order chi connectivity index (χ1) is 11.2. The van der Waals surface area contributed by atoms with E-state index >= 15 is 0 Å². The van der Waals surface area contributed by atoms with Gasteiger partial charge >= 0.3 is 0 Å². The Morgan fingerprint density at radius 3 is 2.13 bits per heavy atom. The van der Waals surface area contributed by atoms with Crippen molar-refractivity contribution in [2.45, 2.75) is 39.5 Å². The van der Waals surface area contributed by atoms with Gasteiger partial charge in [-0.05, 0) is 44.0 Å². The van der Waals surface area contributed by atoms with Crippen LogP contribution in [0.1, 0.15) is 38.0 Å². The maximum Gasteiger partial charge on any atom is 0.0940 e. The van der Waals surface area contributed by atoms with Crippen molar-refractivity contribution >= 4 is 5.69 Å². The molecule has 2 aromatic rings. The second-order valence-electron chi connectivity index (χ2n) is 5.86. The highest BCUT2D eigenvalue weighted by atomic mass is 16.3. The molecular weight excluding hydrogens is 284 g/mol. The monoisotopic (exact) mass is 312 g/mol. The summed E-state index contributed by atoms with van der Waals surface area (Å²) in [6, 6.07) is 18.4. The molecule has 0 amide bonds. The number of rotatable bonds is 8. The molecule has 0 radical (unpaired) electrons. The number of benzene rings is 2. The fourth-order valence-corrected chi connectivity index (χ4v) is 2.74. The molecule has 0 unspecified atom stereocenters. The van der Waals surface area contributed by atoms with E-state index < -0.39 is 6.10 Å². The molecule has 0 heterocycles. The molecule has 0 aliphatic rings. The Hall–Kier alpha value is -1.84. The Morgan fingerprint density at radius 1 is 0.957 bits per heavy atom. The molecule has 0 aliphatic heterocycles. The highest BCUT2D eigenvalue weighted by molar-refractivity contribution is 5.47. The molecule has 0 bridgehead atoms. The molecule has 2 rings (SSSR count). The van der Waals surface area contributed by atoms with Crippen LogP contribution in [0.5, 0.6) is 0 Å². The van der Waals surface area contributed by atoms with Crippen molar-refractivity contribution in [2.75, 3.05) is 18.0 Å². The molecule has 0 aliphatic carbocycles. The smallest absolute Gasteiger partial charge is 0.0940 e. The van der Waals surface area contributed by atoms with Crippen molar-refractivity contribution in [1.29, 1.82) is 0 Å². The van der Waals surface area contributed by atoms with Crippen LogP contribution in [-0.4, -0.2) is 24.2 Å². The number of nitrogens with one attached hydrogen (secondary N) is 1. The normalized spacial score (nSPS) is 13.6. The van der Waals surface area contributed by atoms with E-state index in [-0.39, 0.29) is 6.04 Å². The van der Waals surface area contributed by atoms with E-state index in [1.165, 1.54) is 11.3 Å². The second kappa shape index (κ2) is 8.70. The number of hydrogen-bond donors (Lipinski definition) is 2. The van der Waals surface area contributed by atoms with Gasteiger partial charge in [-0.15, -0.1) is 0 Å². The van der Waals surface area contributed by atoms with Gasteiger partial charge in [-0.3, -0.25) is 0 Å². The third-order valence-corrected chi connectivity index (χ3v) is 4.31. The third-order valence-electron chi connectivity index (χ3n) is 4.31. The lowest BCUT2D eigenvalue weighted by Gasteiger charge is -2.22. The SMILES string of the molecule is CCN(CC)c1ccc(CN[C@@H](C)[C@H](O)c2ccccc2)cc1. The van der Waals surface area contributed by atoms with Crippen LogP contribution in [0.2, 0.25) is 0 Å². The summed E-state index contributed by atoms with van der Waals surface area (Å²) in [4.78, 5) is 2.33. The van der Waals surface area contributed by atoms with Gasteiger partial charge in [-0.25, -0.2) is 0 Å². The van der Waals surface area contributed by atoms with Gasteiger partial charge in [0, 0.05) is 31.4 Å². The number of nitrogens with zero attached hydrogens (tertiary/aromatic N) is 1. The molecule has 2 aromatic carbocycles. The van der Waals surface area contributed by atoms with Gasteiger partial charge in [0.05, 0.1) is 6.10 Å². The Balaban J connectivity index is 1.90. The molecule has 3 heteroatoms. The Bertz CT molecular complexity index is 564.